The largest absolute Gasteiger partial charge is 0.214 e. The summed E-state index contributed by atoms with van der Waals surface area (Å²) >= 11 is 5.89. The number of halogens is 1. The van der Waals surface area contributed by atoms with Crippen LogP contribution >= 0.6 is 11.6 Å². The van der Waals surface area contributed by atoms with Gasteiger partial charge in [0.15, 0.2) is 0 Å². The first-order valence-corrected chi connectivity index (χ1v) is 10.7. The molecule has 9 heteroatoms. The molecule has 0 spiro atoms. The SMILES string of the molecule is CCS(=O)(=O)NCCN(CCc1cccc(Cl)c1)S(C)(=O)=O. The predicted molar refractivity (Wildman–Crippen MR) is 89.0 cm³/mol. The van der Waals surface area contributed by atoms with E-state index in [1.54, 1.807) is 18.2 Å². The van der Waals surface area contributed by atoms with Crippen LogP contribution in [0.5, 0.6) is 0 Å². The van der Waals surface area contributed by atoms with Gasteiger partial charge in [0.2, 0.25) is 20.0 Å². The first-order valence-electron chi connectivity index (χ1n) is 6.81. The number of nitrogens with zero attached hydrogens (tertiary/aromatic N) is 1. The molecule has 1 aromatic carbocycles. The molecule has 0 saturated carbocycles. The fraction of sp³-hybridized carbons (Fsp3) is 0.538. The topological polar surface area (TPSA) is 83.6 Å². The highest BCUT2D eigenvalue weighted by atomic mass is 35.5. The molecule has 0 atom stereocenters. The molecule has 0 aliphatic heterocycles. The Kier molecular flexibility index (Phi) is 7.27. The van der Waals surface area contributed by atoms with Crippen LogP contribution in [0, 0.1) is 0 Å². The molecule has 0 saturated heterocycles. The van der Waals surface area contributed by atoms with E-state index in [1.165, 1.54) is 11.2 Å². The van der Waals surface area contributed by atoms with Crippen LogP contribution in [0.15, 0.2) is 24.3 Å². The molecule has 0 amide bonds. The Morgan fingerprint density at radius 3 is 2.41 bits per heavy atom. The number of hydrogen-bond acceptors (Lipinski definition) is 4. The second-order valence-electron chi connectivity index (χ2n) is 4.84. The highest BCUT2D eigenvalue weighted by molar-refractivity contribution is 7.89. The van der Waals surface area contributed by atoms with Crippen LogP contribution in [0.3, 0.4) is 0 Å². The number of sulfonamides is 2. The van der Waals surface area contributed by atoms with Crippen LogP contribution in [0.4, 0.5) is 0 Å². The van der Waals surface area contributed by atoms with Crippen LogP contribution in [0.25, 0.3) is 0 Å². The second kappa shape index (κ2) is 8.26. The van der Waals surface area contributed by atoms with E-state index < -0.39 is 20.0 Å². The summed E-state index contributed by atoms with van der Waals surface area (Å²) in [4.78, 5) is 0. The van der Waals surface area contributed by atoms with E-state index in [-0.39, 0.29) is 25.4 Å². The Morgan fingerprint density at radius 1 is 1.18 bits per heavy atom. The lowest BCUT2D eigenvalue weighted by atomic mass is 10.1. The fourth-order valence-corrected chi connectivity index (χ4v) is 3.48. The van der Waals surface area contributed by atoms with E-state index in [9.17, 15) is 16.8 Å². The van der Waals surface area contributed by atoms with Gasteiger partial charge in [0, 0.05) is 24.7 Å². The van der Waals surface area contributed by atoms with Crippen molar-refractivity contribution in [2.45, 2.75) is 13.3 Å². The second-order valence-corrected chi connectivity index (χ2v) is 9.35. The molecule has 1 N–H and O–H groups in total. The van der Waals surface area contributed by atoms with E-state index in [4.69, 9.17) is 11.6 Å². The zero-order chi connectivity index (χ0) is 16.8. The molecule has 0 unspecified atom stereocenters. The van der Waals surface area contributed by atoms with Crippen molar-refractivity contribution in [3.05, 3.63) is 34.9 Å². The minimum absolute atomic E-state index is 0.0333. The molecule has 0 heterocycles. The van der Waals surface area contributed by atoms with Gasteiger partial charge in [-0.1, -0.05) is 23.7 Å². The highest BCUT2D eigenvalue weighted by Crippen LogP contribution is 2.12. The number of nitrogens with one attached hydrogen (secondary N) is 1. The van der Waals surface area contributed by atoms with Crippen molar-refractivity contribution in [2.24, 2.45) is 0 Å². The summed E-state index contributed by atoms with van der Waals surface area (Å²) < 4.78 is 49.9. The lowest BCUT2D eigenvalue weighted by Gasteiger charge is -2.20. The highest BCUT2D eigenvalue weighted by Gasteiger charge is 2.17. The molecular weight excluding hydrogens is 348 g/mol. The Morgan fingerprint density at radius 2 is 1.86 bits per heavy atom. The molecular formula is C13H21ClN2O4S2. The van der Waals surface area contributed by atoms with Crippen molar-refractivity contribution >= 4 is 31.6 Å². The summed E-state index contributed by atoms with van der Waals surface area (Å²) in [6, 6.07) is 7.20. The normalized spacial score (nSPS) is 12.7. The third kappa shape index (κ3) is 7.06. The van der Waals surface area contributed by atoms with Crippen LogP contribution in [-0.4, -0.2) is 52.8 Å². The first kappa shape index (κ1) is 19.4. The van der Waals surface area contributed by atoms with Crippen molar-refractivity contribution in [1.82, 2.24) is 9.03 Å². The first-order chi connectivity index (χ1) is 10.1. The Hall–Kier alpha value is -0.670. The van der Waals surface area contributed by atoms with E-state index in [0.29, 0.717) is 11.4 Å². The van der Waals surface area contributed by atoms with Crippen LogP contribution in [0.2, 0.25) is 5.02 Å². The molecule has 126 valence electrons. The minimum atomic E-state index is -3.40. The molecule has 0 aliphatic rings. The standard InChI is InChI=1S/C13H21ClN2O4S2/c1-3-22(19,20)15-8-10-16(21(2,17)18)9-7-12-5-4-6-13(14)11-12/h4-6,11,15H,3,7-10H2,1-2H3. The quantitative estimate of drug-likeness (QED) is 0.707. The molecule has 0 aliphatic carbocycles. The Labute approximate surface area is 137 Å². The molecule has 0 bridgehead atoms. The molecule has 0 fully saturated rings. The summed E-state index contributed by atoms with van der Waals surface area (Å²) in [6.07, 6.45) is 1.62. The lowest BCUT2D eigenvalue weighted by Crippen LogP contribution is -2.39. The van der Waals surface area contributed by atoms with Crippen molar-refractivity contribution in [2.75, 3.05) is 31.6 Å². The van der Waals surface area contributed by atoms with E-state index in [1.807, 2.05) is 6.07 Å². The van der Waals surface area contributed by atoms with Gasteiger partial charge in [0.05, 0.1) is 12.0 Å². The van der Waals surface area contributed by atoms with Gasteiger partial charge >= 0.3 is 0 Å². The molecule has 1 rings (SSSR count). The summed E-state index contributed by atoms with van der Waals surface area (Å²) in [7, 11) is -6.73. The third-order valence-corrected chi connectivity index (χ3v) is 6.01. The maximum absolute atomic E-state index is 11.8. The van der Waals surface area contributed by atoms with Gasteiger partial charge in [-0.25, -0.2) is 25.9 Å². The summed E-state index contributed by atoms with van der Waals surface area (Å²) in [5.41, 5.74) is 0.926. The lowest BCUT2D eigenvalue weighted by molar-refractivity contribution is 0.420. The van der Waals surface area contributed by atoms with Gasteiger partial charge in [0.25, 0.3) is 0 Å². The van der Waals surface area contributed by atoms with Crippen molar-refractivity contribution in [1.29, 1.82) is 0 Å². The van der Waals surface area contributed by atoms with Crippen molar-refractivity contribution in [3.8, 4) is 0 Å². The van der Waals surface area contributed by atoms with Crippen LogP contribution in [-0.2, 0) is 26.5 Å². The van der Waals surface area contributed by atoms with Crippen molar-refractivity contribution < 1.29 is 16.8 Å². The van der Waals surface area contributed by atoms with Crippen LogP contribution < -0.4 is 4.72 Å². The molecule has 0 aromatic heterocycles. The average Bonchev–Trinajstić information content (AvgIpc) is 2.41. The van der Waals surface area contributed by atoms with Gasteiger partial charge in [0.1, 0.15) is 0 Å². The van der Waals surface area contributed by atoms with Crippen LogP contribution in [0.1, 0.15) is 12.5 Å². The Balaban J connectivity index is 2.62. The molecule has 1 aromatic rings. The molecule has 6 nitrogen and oxygen atoms in total. The van der Waals surface area contributed by atoms with Gasteiger partial charge < -0.3 is 0 Å². The number of rotatable bonds is 9. The number of hydrogen-bond donors (Lipinski definition) is 1. The zero-order valence-corrected chi connectivity index (χ0v) is 15.0. The number of benzene rings is 1. The summed E-state index contributed by atoms with van der Waals surface area (Å²) in [6.45, 7) is 1.94. The summed E-state index contributed by atoms with van der Waals surface area (Å²) in [5, 5.41) is 0.596. The zero-order valence-electron chi connectivity index (χ0n) is 12.6. The van der Waals surface area contributed by atoms with Gasteiger partial charge in [-0.3, -0.25) is 0 Å². The van der Waals surface area contributed by atoms with E-state index in [2.05, 4.69) is 4.72 Å². The summed E-state index contributed by atoms with van der Waals surface area (Å²) in [5.74, 6) is -0.0333. The maximum Gasteiger partial charge on any atom is 0.211 e. The van der Waals surface area contributed by atoms with Gasteiger partial charge in [-0.2, -0.15) is 0 Å². The van der Waals surface area contributed by atoms with Gasteiger partial charge in [-0.05, 0) is 31.0 Å². The minimum Gasteiger partial charge on any atom is -0.214 e. The van der Waals surface area contributed by atoms with E-state index in [0.717, 1.165) is 11.8 Å². The van der Waals surface area contributed by atoms with E-state index >= 15 is 0 Å². The van der Waals surface area contributed by atoms with Gasteiger partial charge in [-0.15, -0.1) is 0 Å². The maximum atomic E-state index is 11.8. The Bertz CT molecular complexity index is 690. The smallest absolute Gasteiger partial charge is 0.211 e. The molecule has 0 radical (unpaired) electrons. The fourth-order valence-electron chi connectivity index (χ4n) is 1.82. The average molecular weight is 369 g/mol. The monoisotopic (exact) mass is 368 g/mol. The predicted octanol–water partition coefficient (Wildman–Crippen LogP) is 1.08. The van der Waals surface area contributed by atoms with Crippen molar-refractivity contribution in [3.63, 3.8) is 0 Å². The molecule has 22 heavy (non-hydrogen) atoms. The third-order valence-electron chi connectivity index (χ3n) is 3.07.